The lowest BCUT2D eigenvalue weighted by Gasteiger charge is -2.14. The zero-order valence-corrected chi connectivity index (χ0v) is 12.5. The van der Waals surface area contributed by atoms with Gasteiger partial charge in [0.25, 0.3) is 0 Å². The molecular weight excluding hydrogens is 324 g/mol. The van der Waals surface area contributed by atoms with Crippen LogP contribution in [0.5, 0.6) is 0 Å². The lowest BCUT2D eigenvalue weighted by molar-refractivity contribution is -0.672. The molecule has 132 valence electrons. The molecular formula is C14H21F6N3+2. The van der Waals surface area contributed by atoms with E-state index in [0.717, 1.165) is 31.5 Å². The van der Waals surface area contributed by atoms with Gasteiger partial charge in [-0.2, -0.15) is 26.3 Å². The molecule has 0 bridgehead atoms. The molecule has 7 N–H and O–H groups in total. The van der Waals surface area contributed by atoms with Crippen molar-refractivity contribution < 1.29 is 37.4 Å². The van der Waals surface area contributed by atoms with Gasteiger partial charge in [-0.05, 0) is 31.0 Å². The normalized spacial score (nSPS) is 14.1. The summed E-state index contributed by atoms with van der Waals surface area (Å²) in [5.74, 6) is 0. The van der Waals surface area contributed by atoms with Crippen molar-refractivity contribution in [3.8, 4) is 0 Å². The SMILES string of the molecule is N[C@@H](CCC[NH3+])C[NH2+]Cc1cc(C(F)(F)F)cc(C(F)(F)F)c1. The standard InChI is InChI=1S/C14H19F6N3/c15-13(16,17)10-4-9(5-11(6-10)14(18,19)20)7-23-8-12(22)2-1-3-21/h4-6,12,23H,1-3,7-8,21-22H2/p+2/t12-/m0/s1. The van der Waals surface area contributed by atoms with E-state index < -0.39 is 23.5 Å². The van der Waals surface area contributed by atoms with Gasteiger partial charge < -0.3 is 16.8 Å². The van der Waals surface area contributed by atoms with Gasteiger partial charge in [0, 0.05) is 5.56 Å². The van der Waals surface area contributed by atoms with Crippen LogP contribution in [0.1, 0.15) is 29.5 Å². The highest BCUT2D eigenvalue weighted by molar-refractivity contribution is 5.33. The Balaban J connectivity index is 2.81. The van der Waals surface area contributed by atoms with Gasteiger partial charge in [0.05, 0.1) is 30.3 Å². The van der Waals surface area contributed by atoms with Crippen LogP contribution < -0.4 is 16.8 Å². The van der Waals surface area contributed by atoms with Crippen molar-refractivity contribution >= 4 is 0 Å². The van der Waals surface area contributed by atoms with E-state index in [4.69, 9.17) is 5.73 Å². The zero-order valence-electron chi connectivity index (χ0n) is 12.5. The van der Waals surface area contributed by atoms with Crippen molar-refractivity contribution in [3.05, 3.63) is 34.9 Å². The highest BCUT2D eigenvalue weighted by Gasteiger charge is 2.36. The van der Waals surface area contributed by atoms with Gasteiger partial charge in [-0.1, -0.05) is 0 Å². The first-order valence-electron chi connectivity index (χ1n) is 7.19. The maximum Gasteiger partial charge on any atom is 0.416 e. The largest absolute Gasteiger partial charge is 0.416 e. The predicted octanol–water partition coefficient (Wildman–Crippen LogP) is 1.14. The van der Waals surface area contributed by atoms with Gasteiger partial charge in [0.2, 0.25) is 0 Å². The Kier molecular flexibility index (Phi) is 6.84. The highest BCUT2D eigenvalue weighted by atomic mass is 19.4. The second kappa shape index (κ2) is 7.98. The molecule has 3 nitrogen and oxygen atoms in total. The van der Waals surface area contributed by atoms with E-state index in [-0.39, 0.29) is 24.2 Å². The summed E-state index contributed by atoms with van der Waals surface area (Å²) in [6.45, 7) is 1.17. The Bertz CT molecular complexity index is 466. The molecule has 0 amide bonds. The third kappa shape index (κ3) is 6.76. The van der Waals surface area contributed by atoms with Crippen molar-refractivity contribution in [1.82, 2.24) is 0 Å². The Hall–Kier alpha value is -1.32. The Morgan fingerprint density at radius 2 is 1.52 bits per heavy atom. The van der Waals surface area contributed by atoms with Crippen molar-refractivity contribution in [1.29, 1.82) is 0 Å². The average Bonchev–Trinajstić information content (AvgIpc) is 2.43. The van der Waals surface area contributed by atoms with Crippen LogP contribution in [0.25, 0.3) is 0 Å². The predicted molar refractivity (Wildman–Crippen MR) is 71.9 cm³/mol. The fourth-order valence-corrected chi connectivity index (χ4v) is 2.13. The van der Waals surface area contributed by atoms with Gasteiger partial charge in [-0.25, -0.2) is 0 Å². The van der Waals surface area contributed by atoms with E-state index in [2.05, 4.69) is 5.73 Å². The molecule has 0 fully saturated rings. The van der Waals surface area contributed by atoms with Crippen LogP contribution in [0.15, 0.2) is 18.2 Å². The molecule has 1 rings (SSSR count). The summed E-state index contributed by atoms with van der Waals surface area (Å²) in [7, 11) is 0. The van der Waals surface area contributed by atoms with Gasteiger partial charge in [0.15, 0.2) is 0 Å². The molecule has 1 aromatic rings. The fraction of sp³-hybridized carbons (Fsp3) is 0.571. The molecule has 0 aliphatic heterocycles. The van der Waals surface area contributed by atoms with Crippen molar-refractivity contribution in [2.75, 3.05) is 13.1 Å². The lowest BCUT2D eigenvalue weighted by atomic mass is 10.0. The van der Waals surface area contributed by atoms with Crippen LogP contribution in [-0.4, -0.2) is 19.1 Å². The molecule has 0 aromatic heterocycles. The maximum absolute atomic E-state index is 12.7. The molecule has 1 atom stereocenters. The summed E-state index contributed by atoms with van der Waals surface area (Å²) < 4.78 is 76.3. The zero-order chi connectivity index (χ0) is 17.7. The van der Waals surface area contributed by atoms with Crippen molar-refractivity contribution in [3.63, 3.8) is 0 Å². The van der Waals surface area contributed by atoms with Crippen LogP contribution in [0.3, 0.4) is 0 Å². The number of alkyl halides is 6. The van der Waals surface area contributed by atoms with E-state index in [9.17, 15) is 26.3 Å². The molecule has 0 spiro atoms. The molecule has 9 heteroatoms. The smallest absolute Gasteiger partial charge is 0.358 e. The van der Waals surface area contributed by atoms with Crippen LogP contribution in [0.2, 0.25) is 0 Å². The highest BCUT2D eigenvalue weighted by Crippen LogP contribution is 2.36. The van der Waals surface area contributed by atoms with Gasteiger partial charge in [-0.3, -0.25) is 0 Å². The molecule has 0 heterocycles. The number of hydrogen-bond donors (Lipinski definition) is 3. The minimum atomic E-state index is -4.82. The second-order valence-corrected chi connectivity index (χ2v) is 5.40. The number of halogens is 6. The van der Waals surface area contributed by atoms with E-state index >= 15 is 0 Å². The molecule has 0 aliphatic carbocycles. The van der Waals surface area contributed by atoms with Crippen LogP contribution in [-0.2, 0) is 18.9 Å². The fourth-order valence-electron chi connectivity index (χ4n) is 2.13. The first-order valence-corrected chi connectivity index (χ1v) is 7.19. The number of nitrogens with two attached hydrogens (primary N) is 2. The molecule has 0 saturated heterocycles. The van der Waals surface area contributed by atoms with Crippen molar-refractivity contribution in [2.45, 2.75) is 37.8 Å². The summed E-state index contributed by atoms with van der Waals surface area (Å²) >= 11 is 0. The van der Waals surface area contributed by atoms with Gasteiger partial charge in [0.1, 0.15) is 6.54 Å². The lowest BCUT2D eigenvalue weighted by Crippen LogP contribution is -2.85. The average molecular weight is 345 g/mol. The maximum atomic E-state index is 12.7. The number of benzene rings is 1. The molecule has 0 radical (unpaired) electrons. The minimum Gasteiger partial charge on any atom is -0.358 e. The Morgan fingerprint density at radius 3 is 1.96 bits per heavy atom. The summed E-state index contributed by atoms with van der Waals surface area (Å²) in [6, 6.07) is 1.45. The van der Waals surface area contributed by atoms with Crippen LogP contribution >= 0.6 is 0 Å². The Labute approximate surface area is 130 Å². The van der Waals surface area contributed by atoms with E-state index in [1.54, 1.807) is 5.32 Å². The molecule has 1 aromatic carbocycles. The molecule has 0 saturated carbocycles. The van der Waals surface area contributed by atoms with Crippen LogP contribution in [0.4, 0.5) is 26.3 Å². The number of hydrogen-bond acceptors (Lipinski definition) is 1. The van der Waals surface area contributed by atoms with Crippen molar-refractivity contribution in [2.24, 2.45) is 5.73 Å². The number of rotatable bonds is 7. The Morgan fingerprint density at radius 1 is 1.00 bits per heavy atom. The first kappa shape index (κ1) is 19.7. The number of quaternary nitrogens is 2. The summed E-state index contributed by atoms with van der Waals surface area (Å²) in [5, 5.41) is 1.61. The second-order valence-electron chi connectivity index (χ2n) is 5.40. The molecule has 23 heavy (non-hydrogen) atoms. The van der Waals surface area contributed by atoms with E-state index in [0.29, 0.717) is 6.54 Å². The van der Waals surface area contributed by atoms with Gasteiger partial charge in [-0.15, -0.1) is 0 Å². The third-order valence-electron chi connectivity index (χ3n) is 3.32. The molecule has 0 unspecified atom stereocenters. The molecule has 0 aliphatic rings. The summed E-state index contributed by atoms with van der Waals surface area (Å²) in [6.07, 6.45) is -8.09. The summed E-state index contributed by atoms with van der Waals surface area (Å²) in [4.78, 5) is 0. The van der Waals surface area contributed by atoms with E-state index in [1.807, 2.05) is 0 Å². The summed E-state index contributed by atoms with van der Waals surface area (Å²) in [5.41, 5.74) is 6.86. The quantitative estimate of drug-likeness (QED) is 0.637. The monoisotopic (exact) mass is 345 g/mol. The minimum absolute atomic E-state index is 0.00503. The third-order valence-corrected chi connectivity index (χ3v) is 3.32. The van der Waals surface area contributed by atoms with Gasteiger partial charge >= 0.3 is 12.4 Å². The van der Waals surface area contributed by atoms with E-state index in [1.165, 1.54) is 0 Å². The first-order chi connectivity index (χ1) is 10.5. The van der Waals surface area contributed by atoms with Crippen LogP contribution in [0, 0.1) is 0 Å². The topological polar surface area (TPSA) is 70.3 Å².